The Morgan fingerprint density at radius 1 is 1.07 bits per heavy atom. The number of piperidine rings is 1. The van der Waals surface area contributed by atoms with E-state index >= 15 is 0 Å². The Kier molecular flexibility index (Phi) is 8.39. The van der Waals surface area contributed by atoms with Gasteiger partial charge in [-0.15, -0.1) is 0 Å². The summed E-state index contributed by atoms with van der Waals surface area (Å²) in [6.07, 6.45) is 4.37. The summed E-state index contributed by atoms with van der Waals surface area (Å²) in [4.78, 5) is 17.1. The summed E-state index contributed by atoms with van der Waals surface area (Å²) in [6.45, 7) is 8.74. The maximum Gasteiger partial charge on any atom is 0.221 e. The van der Waals surface area contributed by atoms with Crippen LogP contribution in [0.4, 0.5) is 0 Å². The predicted octanol–water partition coefficient (Wildman–Crippen LogP) is 2.78. The number of carbonyl (C=O) groups is 1. The minimum Gasteiger partial charge on any atom is -0.379 e. The number of hydrogen-bond acceptors (Lipinski definition) is 4. The maximum absolute atomic E-state index is 12.1. The second-order valence-electron chi connectivity index (χ2n) is 7.65. The third kappa shape index (κ3) is 7.07. The van der Waals surface area contributed by atoms with E-state index in [-0.39, 0.29) is 5.91 Å². The number of rotatable bonds is 8. The largest absolute Gasteiger partial charge is 0.379 e. The highest BCUT2D eigenvalue weighted by Crippen LogP contribution is 2.21. The number of carbonyl (C=O) groups excluding carboxylic acids is 1. The van der Waals surface area contributed by atoms with Gasteiger partial charge in [-0.2, -0.15) is 0 Å². The zero-order valence-corrected chi connectivity index (χ0v) is 16.9. The number of amides is 1. The van der Waals surface area contributed by atoms with Crippen molar-refractivity contribution in [3.05, 3.63) is 34.9 Å². The van der Waals surface area contributed by atoms with Crippen LogP contribution in [0.25, 0.3) is 0 Å². The Labute approximate surface area is 168 Å². The fourth-order valence-corrected chi connectivity index (χ4v) is 4.07. The first kappa shape index (κ1) is 20.6. The van der Waals surface area contributed by atoms with Gasteiger partial charge in [0.2, 0.25) is 5.91 Å². The molecule has 0 unspecified atom stereocenters. The van der Waals surface area contributed by atoms with Gasteiger partial charge < -0.3 is 15.0 Å². The summed E-state index contributed by atoms with van der Waals surface area (Å²) >= 11 is 6.13. The van der Waals surface area contributed by atoms with Gasteiger partial charge in [-0.05, 0) is 56.4 Å². The lowest BCUT2D eigenvalue weighted by Gasteiger charge is -2.33. The second kappa shape index (κ2) is 11.0. The minimum atomic E-state index is 0.101. The van der Waals surface area contributed by atoms with Crippen molar-refractivity contribution in [3.63, 3.8) is 0 Å². The van der Waals surface area contributed by atoms with Gasteiger partial charge in [-0.25, -0.2) is 0 Å². The number of nitrogens with zero attached hydrogens (tertiary/aromatic N) is 2. The zero-order valence-electron chi connectivity index (χ0n) is 16.2. The third-order valence-corrected chi connectivity index (χ3v) is 6.12. The van der Waals surface area contributed by atoms with Crippen molar-refractivity contribution in [1.29, 1.82) is 0 Å². The highest BCUT2D eigenvalue weighted by atomic mass is 35.5. The first-order valence-corrected chi connectivity index (χ1v) is 10.6. The Bertz CT molecular complexity index is 585. The number of morpholine rings is 1. The predicted molar refractivity (Wildman–Crippen MR) is 109 cm³/mol. The van der Waals surface area contributed by atoms with Crippen LogP contribution in [-0.4, -0.2) is 68.2 Å². The van der Waals surface area contributed by atoms with E-state index in [2.05, 4.69) is 15.1 Å². The molecule has 5 nitrogen and oxygen atoms in total. The quantitative estimate of drug-likeness (QED) is 0.737. The van der Waals surface area contributed by atoms with Crippen LogP contribution in [0.15, 0.2) is 24.3 Å². The molecular formula is C21H32ClN3O2. The molecule has 1 aromatic rings. The lowest BCUT2D eigenvalue weighted by Crippen LogP contribution is -2.39. The van der Waals surface area contributed by atoms with Crippen LogP contribution in [0, 0.1) is 5.92 Å². The van der Waals surface area contributed by atoms with Crippen LogP contribution in [0.5, 0.6) is 0 Å². The smallest absolute Gasteiger partial charge is 0.221 e. The molecule has 0 aliphatic carbocycles. The molecule has 27 heavy (non-hydrogen) atoms. The SMILES string of the molecule is O=C(CCN1CCC(CCN2CCOCC2)CC1)NCc1ccccc1Cl. The summed E-state index contributed by atoms with van der Waals surface area (Å²) in [5.41, 5.74) is 0.966. The Morgan fingerprint density at radius 3 is 2.52 bits per heavy atom. The average Bonchev–Trinajstić information content (AvgIpc) is 2.71. The van der Waals surface area contributed by atoms with E-state index < -0.39 is 0 Å². The normalized spacial score (nSPS) is 19.9. The Balaban J connectivity index is 1.26. The van der Waals surface area contributed by atoms with Gasteiger partial charge >= 0.3 is 0 Å². The van der Waals surface area contributed by atoms with Crippen molar-refractivity contribution in [3.8, 4) is 0 Å². The third-order valence-electron chi connectivity index (χ3n) is 5.75. The van der Waals surface area contributed by atoms with Crippen LogP contribution in [0.1, 0.15) is 31.2 Å². The van der Waals surface area contributed by atoms with E-state index in [1.54, 1.807) is 0 Å². The fourth-order valence-electron chi connectivity index (χ4n) is 3.87. The zero-order chi connectivity index (χ0) is 18.9. The first-order chi connectivity index (χ1) is 13.2. The molecule has 0 saturated carbocycles. The highest BCUT2D eigenvalue weighted by molar-refractivity contribution is 6.31. The topological polar surface area (TPSA) is 44.8 Å². The van der Waals surface area contributed by atoms with Crippen LogP contribution in [0.2, 0.25) is 5.02 Å². The molecule has 1 amide bonds. The fraction of sp³-hybridized carbons (Fsp3) is 0.667. The van der Waals surface area contributed by atoms with E-state index in [0.29, 0.717) is 18.0 Å². The highest BCUT2D eigenvalue weighted by Gasteiger charge is 2.20. The van der Waals surface area contributed by atoms with E-state index in [9.17, 15) is 4.79 Å². The molecule has 1 aromatic carbocycles. The number of benzene rings is 1. The summed E-state index contributed by atoms with van der Waals surface area (Å²) in [6, 6.07) is 7.64. The Hall–Kier alpha value is -1.14. The molecule has 0 bridgehead atoms. The molecule has 2 saturated heterocycles. The van der Waals surface area contributed by atoms with E-state index in [0.717, 1.165) is 57.4 Å². The van der Waals surface area contributed by atoms with Crippen LogP contribution in [-0.2, 0) is 16.1 Å². The summed E-state index contributed by atoms with van der Waals surface area (Å²) < 4.78 is 5.41. The average molecular weight is 394 g/mol. The minimum absolute atomic E-state index is 0.101. The van der Waals surface area contributed by atoms with Gasteiger partial charge in [0.25, 0.3) is 0 Å². The van der Waals surface area contributed by atoms with Crippen LogP contribution < -0.4 is 5.32 Å². The molecule has 6 heteroatoms. The lowest BCUT2D eigenvalue weighted by atomic mass is 9.93. The second-order valence-corrected chi connectivity index (χ2v) is 8.05. The van der Waals surface area contributed by atoms with E-state index in [1.807, 2.05) is 24.3 Å². The van der Waals surface area contributed by atoms with Crippen molar-refractivity contribution in [2.75, 3.05) is 52.5 Å². The maximum atomic E-state index is 12.1. The molecule has 2 heterocycles. The van der Waals surface area contributed by atoms with Gasteiger partial charge in [0.15, 0.2) is 0 Å². The number of hydrogen-bond donors (Lipinski definition) is 1. The van der Waals surface area contributed by atoms with E-state index in [4.69, 9.17) is 16.3 Å². The van der Waals surface area contributed by atoms with Crippen LogP contribution in [0.3, 0.4) is 0 Å². The molecule has 0 spiro atoms. The number of ether oxygens (including phenoxy) is 1. The molecule has 0 radical (unpaired) electrons. The molecule has 1 N–H and O–H groups in total. The number of nitrogens with one attached hydrogen (secondary N) is 1. The van der Waals surface area contributed by atoms with Gasteiger partial charge in [0, 0.05) is 37.6 Å². The van der Waals surface area contributed by atoms with Crippen molar-refractivity contribution in [1.82, 2.24) is 15.1 Å². The molecule has 0 atom stereocenters. The van der Waals surface area contributed by atoms with Gasteiger partial charge in [0.05, 0.1) is 13.2 Å². The number of likely N-dealkylation sites (tertiary alicyclic amines) is 1. The van der Waals surface area contributed by atoms with Crippen molar-refractivity contribution in [2.45, 2.75) is 32.2 Å². The van der Waals surface area contributed by atoms with Crippen molar-refractivity contribution in [2.24, 2.45) is 5.92 Å². The molecule has 2 aliphatic rings. The lowest BCUT2D eigenvalue weighted by molar-refractivity contribution is -0.121. The van der Waals surface area contributed by atoms with Crippen molar-refractivity contribution >= 4 is 17.5 Å². The monoisotopic (exact) mass is 393 g/mol. The molecule has 3 rings (SSSR count). The molecule has 2 aliphatic heterocycles. The summed E-state index contributed by atoms with van der Waals surface area (Å²) in [5.74, 6) is 0.933. The van der Waals surface area contributed by atoms with E-state index in [1.165, 1.54) is 25.8 Å². The molecular weight excluding hydrogens is 362 g/mol. The summed E-state index contributed by atoms with van der Waals surface area (Å²) in [7, 11) is 0. The van der Waals surface area contributed by atoms with Crippen LogP contribution >= 0.6 is 11.6 Å². The standard InChI is InChI=1S/C21H32ClN3O2/c22-20-4-2-1-3-19(20)17-23-21(26)8-12-24-9-5-18(6-10-24)7-11-25-13-15-27-16-14-25/h1-4,18H,5-17H2,(H,23,26). The molecule has 2 fully saturated rings. The molecule has 0 aromatic heterocycles. The summed E-state index contributed by atoms with van der Waals surface area (Å²) in [5, 5.41) is 3.68. The number of halogens is 1. The van der Waals surface area contributed by atoms with Gasteiger partial charge in [-0.1, -0.05) is 29.8 Å². The first-order valence-electron chi connectivity index (χ1n) is 10.2. The van der Waals surface area contributed by atoms with Gasteiger partial charge in [-0.3, -0.25) is 9.69 Å². The van der Waals surface area contributed by atoms with Gasteiger partial charge in [0.1, 0.15) is 0 Å². The van der Waals surface area contributed by atoms with Crippen molar-refractivity contribution < 1.29 is 9.53 Å². The molecule has 150 valence electrons. The Morgan fingerprint density at radius 2 is 1.78 bits per heavy atom.